The SMILES string of the molecule is CC(N[C@@H]1CCCC2CCCCC21O)c1ccccc1. The summed E-state index contributed by atoms with van der Waals surface area (Å²) < 4.78 is 0. The largest absolute Gasteiger partial charge is 0.388 e. The van der Waals surface area contributed by atoms with Crippen molar-refractivity contribution < 1.29 is 5.11 Å². The molecule has 0 saturated heterocycles. The monoisotopic (exact) mass is 273 g/mol. The maximum Gasteiger partial charge on any atom is 0.0828 e. The number of hydrogen-bond acceptors (Lipinski definition) is 2. The van der Waals surface area contributed by atoms with Crippen molar-refractivity contribution in [3.05, 3.63) is 35.9 Å². The molecular formula is C18H27NO. The van der Waals surface area contributed by atoms with Crippen LogP contribution < -0.4 is 5.32 Å². The summed E-state index contributed by atoms with van der Waals surface area (Å²) in [6.07, 6.45) is 8.27. The van der Waals surface area contributed by atoms with E-state index >= 15 is 0 Å². The smallest absolute Gasteiger partial charge is 0.0828 e. The summed E-state index contributed by atoms with van der Waals surface area (Å²) in [7, 11) is 0. The Morgan fingerprint density at radius 2 is 1.85 bits per heavy atom. The average Bonchev–Trinajstić information content (AvgIpc) is 2.49. The summed E-state index contributed by atoms with van der Waals surface area (Å²) in [5.41, 5.74) is 0.855. The van der Waals surface area contributed by atoms with Crippen LogP contribution in [0.3, 0.4) is 0 Å². The average molecular weight is 273 g/mol. The first-order valence-electron chi connectivity index (χ1n) is 8.23. The van der Waals surface area contributed by atoms with Crippen molar-refractivity contribution in [3.8, 4) is 0 Å². The van der Waals surface area contributed by atoms with Gasteiger partial charge >= 0.3 is 0 Å². The highest BCUT2D eigenvalue weighted by atomic mass is 16.3. The number of benzene rings is 1. The van der Waals surface area contributed by atoms with Gasteiger partial charge in [-0.3, -0.25) is 0 Å². The Labute approximate surface area is 122 Å². The molecule has 2 nitrogen and oxygen atoms in total. The molecular weight excluding hydrogens is 246 g/mol. The van der Waals surface area contributed by atoms with E-state index in [1.165, 1.54) is 37.7 Å². The molecule has 3 unspecified atom stereocenters. The fourth-order valence-electron chi connectivity index (χ4n) is 4.29. The Morgan fingerprint density at radius 1 is 1.10 bits per heavy atom. The van der Waals surface area contributed by atoms with E-state index in [0.717, 1.165) is 12.8 Å². The van der Waals surface area contributed by atoms with Crippen LogP contribution >= 0.6 is 0 Å². The van der Waals surface area contributed by atoms with Gasteiger partial charge in [-0.25, -0.2) is 0 Å². The minimum atomic E-state index is -0.459. The van der Waals surface area contributed by atoms with Crippen LogP contribution in [0.15, 0.2) is 30.3 Å². The van der Waals surface area contributed by atoms with Crippen LogP contribution in [0.2, 0.25) is 0 Å². The van der Waals surface area contributed by atoms with Gasteiger partial charge in [0, 0.05) is 12.1 Å². The van der Waals surface area contributed by atoms with Crippen molar-refractivity contribution in [1.82, 2.24) is 5.32 Å². The van der Waals surface area contributed by atoms with E-state index in [1.54, 1.807) is 0 Å². The molecule has 0 aliphatic heterocycles. The molecule has 0 heterocycles. The van der Waals surface area contributed by atoms with E-state index in [0.29, 0.717) is 12.0 Å². The molecule has 2 aliphatic carbocycles. The van der Waals surface area contributed by atoms with Crippen molar-refractivity contribution in [2.75, 3.05) is 0 Å². The minimum Gasteiger partial charge on any atom is -0.388 e. The van der Waals surface area contributed by atoms with Crippen LogP contribution in [-0.4, -0.2) is 16.7 Å². The van der Waals surface area contributed by atoms with E-state index in [1.807, 2.05) is 0 Å². The molecule has 0 aromatic heterocycles. The molecule has 2 heteroatoms. The molecule has 0 radical (unpaired) electrons. The number of nitrogens with one attached hydrogen (secondary N) is 1. The van der Waals surface area contributed by atoms with Gasteiger partial charge in [0.2, 0.25) is 0 Å². The molecule has 20 heavy (non-hydrogen) atoms. The third-order valence-corrected chi connectivity index (χ3v) is 5.49. The second-order valence-corrected chi connectivity index (χ2v) is 6.72. The van der Waals surface area contributed by atoms with Crippen LogP contribution in [0.4, 0.5) is 0 Å². The third-order valence-electron chi connectivity index (χ3n) is 5.49. The van der Waals surface area contributed by atoms with E-state index in [2.05, 4.69) is 42.6 Å². The van der Waals surface area contributed by atoms with Crippen LogP contribution in [0.5, 0.6) is 0 Å². The molecule has 2 saturated carbocycles. The van der Waals surface area contributed by atoms with Crippen LogP contribution in [0.1, 0.15) is 63.5 Å². The third kappa shape index (κ3) is 2.64. The molecule has 1 aromatic carbocycles. The van der Waals surface area contributed by atoms with Gasteiger partial charge in [0.15, 0.2) is 0 Å². The molecule has 2 fully saturated rings. The second kappa shape index (κ2) is 5.87. The van der Waals surface area contributed by atoms with Gasteiger partial charge in [-0.05, 0) is 44.1 Å². The molecule has 1 aromatic rings. The first-order chi connectivity index (χ1) is 9.70. The lowest BCUT2D eigenvalue weighted by atomic mass is 9.64. The Morgan fingerprint density at radius 3 is 2.65 bits per heavy atom. The molecule has 2 aliphatic rings. The molecule has 0 spiro atoms. The Kier molecular flexibility index (Phi) is 4.13. The van der Waals surface area contributed by atoms with Gasteiger partial charge in [-0.2, -0.15) is 0 Å². The van der Waals surface area contributed by atoms with Gasteiger partial charge < -0.3 is 10.4 Å². The maximum absolute atomic E-state index is 11.2. The Bertz CT molecular complexity index is 430. The van der Waals surface area contributed by atoms with Crippen molar-refractivity contribution in [3.63, 3.8) is 0 Å². The van der Waals surface area contributed by atoms with E-state index in [4.69, 9.17) is 0 Å². The molecule has 110 valence electrons. The van der Waals surface area contributed by atoms with Crippen LogP contribution in [-0.2, 0) is 0 Å². The molecule has 0 amide bonds. The van der Waals surface area contributed by atoms with Crippen LogP contribution in [0, 0.1) is 5.92 Å². The molecule has 3 rings (SSSR count). The Hall–Kier alpha value is -0.860. The summed E-state index contributed by atoms with van der Waals surface area (Å²) in [5, 5.41) is 14.9. The number of fused-ring (bicyclic) bond motifs is 1. The van der Waals surface area contributed by atoms with Crippen molar-refractivity contribution in [2.45, 2.75) is 69.6 Å². The van der Waals surface area contributed by atoms with Crippen molar-refractivity contribution >= 4 is 0 Å². The normalized spacial score (nSPS) is 35.3. The Balaban J connectivity index is 1.72. The predicted octanol–water partition coefficient (Wildman–Crippen LogP) is 3.81. The lowest BCUT2D eigenvalue weighted by Crippen LogP contribution is -2.59. The lowest BCUT2D eigenvalue weighted by molar-refractivity contribution is -0.101. The van der Waals surface area contributed by atoms with Gasteiger partial charge in [0.25, 0.3) is 0 Å². The van der Waals surface area contributed by atoms with Crippen molar-refractivity contribution in [1.29, 1.82) is 0 Å². The zero-order chi connectivity index (χ0) is 14.0. The number of rotatable bonds is 3. The number of aliphatic hydroxyl groups is 1. The summed E-state index contributed by atoms with van der Waals surface area (Å²) in [4.78, 5) is 0. The zero-order valence-electron chi connectivity index (χ0n) is 12.5. The number of hydrogen-bond donors (Lipinski definition) is 2. The first-order valence-corrected chi connectivity index (χ1v) is 8.23. The summed E-state index contributed by atoms with van der Waals surface area (Å²) in [5.74, 6) is 0.519. The molecule has 4 atom stereocenters. The van der Waals surface area contributed by atoms with Gasteiger partial charge in [0.05, 0.1) is 5.60 Å². The van der Waals surface area contributed by atoms with E-state index < -0.39 is 5.60 Å². The van der Waals surface area contributed by atoms with E-state index in [9.17, 15) is 5.11 Å². The molecule has 0 bridgehead atoms. The quantitative estimate of drug-likeness (QED) is 0.877. The zero-order valence-corrected chi connectivity index (χ0v) is 12.5. The van der Waals surface area contributed by atoms with Gasteiger partial charge in [0.1, 0.15) is 0 Å². The minimum absolute atomic E-state index is 0.261. The first kappa shape index (κ1) is 14.1. The predicted molar refractivity (Wildman–Crippen MR) is 82.5 cm³/mol. The maximum atomic E-state index is 11.2. The standard InChI is InChI=1S/C18H27NO/c1-14(15-8-3-2-4-9-15)19-17-12-7-11-16-10-5-6-13-18(16,17)20/h2-4,8-9,14,16-17,19-20H,5-7,10-13H2,1H3/t14?,16?,17-,18?/m1/s1. The highest BCUT2D eigenvalue weighted by molar-refractivity contribution is 5.19. The van der Waals surface area contributed by atoms with Crippen molar-refractivity contribution in [2.24, 2.45) is 5.92 Å². The highest BCUT2D eigenvalue weighted by Gasteiger charge is 2.47. The van der Waals surface area contributed by atoms with E-state index in [-0.39, 0.29) is 6.04 Å². The fraction of sp³-hybridized carbons (Fsp3) is 0.667. The molecule has 2 N–H and O–H groups in total. The fourth-order valence-corrected chi connectivity index (χ4v) is 4.29. The van der Waals surface area contributed by atoms with Gasteiger partial charge in [-0.1, -0.05) is 49.6 Å². The highest BCUT2D eigenvalue weighted by Crippen LogP contribution is 2.44. The van der Waals surface area contributed by atoms with Gasteiger partial charge in [-0.15, -0.1) is 0 Å². The second-order valence-electron chi connectivity index (χ2n) is 6.72. The summed E-state index contributed by atoms with van der Waals surface area (Å²) in [6.45, 7) is 2.21. The summed E-state index contributed by atoms with van der Waals surface area (Å²) >= 11 is 0. The lowest BCUT2D eigenvalue weighted by Gasteiger charge is -2.50. The van der Waals surface area contributed by atoms with Crippen LogP contribution in [0.25, 0.3) is 0 Å². The topological polar surface area (TPSA) is 32.3 Å². The summed E-state index contributed by atoms with van der Waals surface area (Å²) in [6, 6.07) is 11.1.